The summed E-state index contributed by atoms with van der Waals surface area (Å²) in [4.78, 5) is 13.4. The molecular formula is C20H29N5OS. The Balaban J connectivity index is 1.52. The Labute approximate surface area is 165 Å². The molecule has 0 radical (unpaired) electrons. The molecule has 6 nitrogen and oxygen atoms in total. The number of thiazole rings is 1. The molecule has 3 rings (SSSR count). The van der Waals surface area contributed by atoms with Crippen LogP contribution in [0.1, 0.15) is 31.9 Å². The minimum Gasteiger partial charge on any atom is -0.371 e. The van der Waals surface area contributed by atoms with Crippen molar-refractivity contribution in [3.05, 3.63) is 47.0 Å². The maximum absolute atomic E-state index is 6.23. The molecule has 1 aliphatic rings. The first-order chi connectivity index (χ1) is 12.9. The number of aliphatic imine (C=N–C) groups is 1. The summed E-state index contributed by atoms with van der Waals surface area (Å²) in [6.07, 6.45) is 1.85. The van der Waals surface area contributed by atoms with Gasteiger partial charge in [0.15, 0.2) is 11.1 Å². The number of nitrogens with zero attached hydrogens (tertiary/aromatic N) is 4. The summed E-state index contributed by atoms with van der Waals surface area (Å²) in [6, 6.07) is 8.36. The summed E-state index contributed by atoms with van der Waals surface area (Å²) >= 11 is 1.68. The molecule has 2 N–H and O–H groups in total. The van der Waals surface area contributed by atoms with Crippen molar-refractivity contribution in [2.45, 2.75) is 39.5 Å². The number of ether oxygens (including phenoxy) is 1. The van der Waals surface area contributed by atoms with Crippen LogP contribution in [-0.4, -0.2) is 47.6 Å². The van der Waals surface area contributed by atoms with Crippen LogP contribution in [0, 0.1) is 0 Å². The van der Waals surface area contributed by atoms with Crippen LogP contribution in [0.4, 0.5) is 5.13 Å². The fraction of sp³-hybridized carbons (Fsp3) is 0.500. The maximum Gasteiger partial charge on any atom is 0.191 e. The van der Waals surface area contributed by atoms with Crippen LogP contribution in [-0.2, 0) is 17.9 Å². The van der Waals surface area contributed by atoms with Gasteiger partial charge in [-0.05, 0) is 31.9 Å². The molecule has 0 saturated carbocycles. The van der Waals surface area contributed by atoms with E-state index >= 15 is 0 Å². The van der Waals surface area contributed by atoms with Gasteiger partial charge in [-0.3, -0.25) is 0 Å². The molecule has 1 fully saturated rings. The van der Waals surface area contributed by atoms with Gasteiger partial charge >= 0.3 is 0 Å². The van der Waals surface area contributed by atoms with E-state index in [1.165, 1.54) is 0 Å². The Morgan fingerprint density at radius 3 is 2.63 bits per heavy atom. The van der Waals surface area contributed by atoms with Crippen molar-refractivity contribution in [3.8, 4) is 0 Å². The quantitative estimate of drug-likeness (QED) is 0.631. The Hall–Kier alpha value is -2.12. The van der Waals surface area contributed by atoms with Gasteiger partial charge in [-0.1, -0.05) is 24.3 Å². The van der Waals surface area contributed by atoms with Crippen LogP contribution in [0.25, 0.3) is 0 Å². The summed E-state index contributed by atoms with van der Waals surface area (Å²) in [6.45, 7) is 11.0. The molecule has 1 saturated heterocycles. The van der Waals surface area contributed by atoms with Gasteiger partial charge in [0, 0.05) is 37.8 Å². The molecule has 0 spiro atoms. The summed E-state index contributed by atoms with van der Waals surface area (Å²) in [5, 5.41) is 3.09. The van der Waals surface area contributed by atoms with Crippen LogP contribution in [0.3, 0.4) is 0 Å². The van der Waals surface area contributed by atoms with Gasteiger partial charge in [-0.2, -0.15) is 0 Å². The fourth-order valence-corrected chi connectivity index (χ4v) is 3.59. The van der Waals surface area contributed by atoms with Crippen molar-refractivity contribution >= 4 is 22.4 Å². The molecule has 0 atom stereocenters. The number of rotatable bonds is 5. The Kier molecular flexibility index (Phi) is 6.34. The molecule has 146 valence electrons. The van der Waals surface area contributed by atoms with Crippen LogP contribution >= 0.6 is 11.3 Å². The molecule has 1 aromatic heterocycles. The highest BCUT2D eigenvalue weighted by atomic mass is 32.1. The molecule has 0 unspecified atom stereocenters. The van der Waals surface area contributed by atoms with E-state index in [0.717, 1.165) is 42.4 Å². The smallest absolute Gasteiger partial charge is 0.191 e. The number of hydrogen-bond acceptors (Lipinski definition) is 5. The number of hydrogen-bond donors (Lipinski definition) is 1. The van der Waals surface area contributed by atoms with Gasteiger partial charge in [-0.25, -0.2) is 9.98 Å². The molecular weight excluding hydrogens is 358 g/mol. The van der Waals surface area contributed by atoms with Crippen LogP contribution in [0.5, 0.6) is 0 Å². The van der Waals surface area contributed by atoms with Gasteiger partial charge in [0.25, 0.3) is 0 Å². The maximum atomic E-state index is 6.23. The first kappa shape index (κ1) is 19.6. The lowest BCUT2D eigenvalue weighted by molar-refractivity contribution is -0.0149. The molecule has 0 aliphatic carbocycles. The van der Waals surface area contributed by atoms with Crippen LogP contribution < -0.4 is 10.6 Å². The molecule has 2 aromatic rings. The van der Waals surface area contributed by atoms with E-state index in [1.54, 1.807) is 11.3 Å². The van der Waals surface area contributed by atoms with E-state index in [0.29, 0.717) is 19.1 Å². The second-order valence-corrected chi connectivity index (χ2v) is 8.56. The molecule has 0 amide bonds. The van der Waals surface area contributed by atoms with Gasteiger partial charge in [0.1, 0.15) is 0 Å². The van der Waals surface area contributed by atoms with E-state index in [-0.39, 0.29) is 5.60 Å². The SMILES string of the molecule is CC(C)(C)OCc1cccc(CN=C(N)N2CCN(c3nccs3)CC2)c1. The van der Waals surface area contributed by atoms with Gasteiger partial charge in [0.05, 0.1) is 18.8 Å². The molecule has 27 heavy (non-hydrogen) atoms. The lowest BCUT2D eigenvalue weighted by Gasteiger charge is -2.35. The zero-order valence-electron chi connectivity index (χ0n) is 16.4. The number of piperazine rings is 1. The third-order valence-corrected chi connectivity index (χ3v) is 5.21. The fourth-order valence-electron chi connectivity index (χ4n) is 2.89. The number of benzene rings is 1. The minimum absolute atomic E-state index is 0.140. The van der Waals surface area contributed by atoms with E-state index in [2.05, 4.69) is 64.8 Å². The molecule has 1 aliphatic heterocycles. The summed E-state index contributed by atoms with van der Waals surface area (Å²) < 4.78 is 5.85. The average molecular weight is 388 g/mol. The van der Waals surface area contributed by atoms with E-state index in [4.69, 9.17) is 10.5 Å². The van der Waals surface area contributed by atoms with Crippen LogP contribution in [0.15, 0.2) is 40.8 Å². The van der Waals surface area contributed by atoms with E-state index in [9.17, 15) is 0 Å². The van der Waals surface area contributed by atoms with Crippen molar-refractivity contribution in [1.82, 2.24) is 9.88 Å². The number of nitrogens with two attached hydrogens (primary N) is 1. The number of anilines is 1. The summed E-state index contributed by atoms with van der Waals surface area (Å²) in [7, 11) is 0. The van der Waals surface area contributed by atoms with E-state index < -0.39 is 0 Å². The monoisotopic (exact) mass is 387 g/mol. The number of guanidine groups is 1. The van der Waals surface area contributed by atoms with E-state index in [1.807, 2.05) is 11.6 Å². The number of aromatic nitrogens is 1. The molecule has 1 aromatic carbocycles. The Bertz CT molecular complexity index is 746. The van der Waals surface area contributed by atoms with Crippen molar-refractivity contribution in [3.63, 3.8) is 0 Å². The first-order valence-electron chi connectivity index (χ1n) is 9.32. The third-order valence-electron chi connectivity index (χ3n) is 4.38. The topological polar surface area (TPSA) is 67.0 Å². The standard InChI is InChI=1S/C20H29N5OS/c1-20(2,3)26-15-17-6-4-5-16(13-17)14-23-18(21)24-8-10-25(11-9-24)19-22-7-12-27-19/h4-7,12-13H,8-11,14-15H2,1-3H3,(H2,21,23). The van der Waals surface area contributed by atoms with Crippen LogP contribution in [0.2, 0.25) is 0 Å². The zero-order chi connectivity index (χ0) is 19.3. The molecule has 0 bridgehead atoms. The summed E-state index contributed by atoms with van der Waals surface area (Å²) in [5.74, 6) is 0.616. The lowest BCUT2D eigenvalue weighted by atomic mass is 10.1. The normalized spacial score (nSPS) is 16.0. The Morgan fingerprint density at radius 2 is 1.96 bits per heavy atom. The second kappa shape index (κ2) is 8.71. The molecule has 2 heterocycles. The Morgan fingerprint density at radius 1 is 1.22 bits per heavy atom. The predicted molar refractivity (Wildman–Crippen MR) is 112 cm³/mol. The van der Waals surface area contributed by atoms with Gasteiger partial charge in [0.2, 0.25) is 0 Å². The summed E-state index contributed by atoms with van der Waals surface area (Å²) in [5.41, 5.74) is 8.40. The van der Waals surface area contributed by atoms with Gasteiger partial charge in [-0.15, -0.1) is 11.3 Å². The van der Waals surface area contributed by atoms with Crippen molar-refractivity contribution in [1.29, 1.82) is 0 Å². The minimum atomic E-state index is -0.140. The highest BCUT2D eigenvalue weighted by molar-refractivity contribution is 7.13. The van der Waals surface area contributed by atoms with Gasteiger partial charge < -0.3 is 20.3 Å². The average Bonchev–Trinajstić information content (AvgIpc) is 3.19. The zero-order valence-corrected chi connectivity index (χ0v) is 17.2. The van der Waals surface area contributed by atoms with Crippen molar-refractivity contribution in [2.75, 3.05) is 31.1 Å². The molecule has 7 heteroatoms. The highest BCUT2D eigenvalue weighted by Gasteiger charge is 2.19. The van der Waals surface area contributed by atoms with Crippen molar-refractivity contribution in [2.24, 2.45) is 10.7 Å². The van der Waals surface area contributed by atoms with Crippen molar-refractivity contribution < 1.29 is 4.74 Å². The highest BCUT2D eigenvalue weighted by Crippen LogP contribution is 2.19. The lowest BCUT2D eigenvalue weighted by Crippen LogP contribution is -2.51. The second-order valence-electron chi connectivity index (χ2n) is 7.68. The first-order valence-corrected chi connectivity index (χ1v) is 10.2. The largest absolute Gasteiger partial charge is 0.371 e. The third kappa shape index (κ3) is 5.94. The predicted octanol–water partition coefficient (Wildman–Crippen LogP) is 3.10.